The number of aromatic hydroxyl groups is 1. The van der Waals surface area contributed by atoms with E-state index in [9.17, 15) is 24.3 Å². The summed E-state index contributed by atoms with van der Waals surface area (Å²) in [6.45, 7) is 2.06. The second-order valence-electron chi connectivity index (χ2n) is 8.02. The lowest BCUT2D eigenvalue weighted by atomic mass is 9.89. The van der Waals surface area contributed by atoms with Crippen molar-refractivity contribution >= 4 is 11.8 Å². The Morgan fingerprint density at radius 2 is 1.84 bits per heavy atom. The molecule has 0 bridgehead atoms. The second kappa shape index (κ2) is 10.1. The van der Waals surface area contributed by atoms with Gasteiger partial charge in [0.1, 0.15) is 5.75 Å². The number of hydrogen-bond acceptors (Lipinski definition) is 5. The van der Waals surface area contributed by atoms with Crippen LogP contribution in [0.5, 0.6) is 5.75 Å². The van der Waals surface area contributed by atoms with Crippen molar-refractivity contribution in [3.8, 4) is 5.75 Å². The van der Waals surface area contributed by atoms with Gasteiger partial charge in [0.25, 0.3) is 11.5 Å². The summed E-state index contributed by atoms with van der Waals surface area (Å²) in [5, 5.41) is 10.8. The van der Waals surface area contributed by atoms with Crippen LogP contribution in [0.1, 0.15) is 54.4 Å². The molecule has 0 radical (unpaired) electrons. The van der Waals surface area contributed by atoms with Gasteiger partial charge in [-0.2, -0.15) is 0 Å². The van der Waals surface area contributed by atoms with Crippen LogP contribution in [-0.2, 0) is 11.3 Å². The molecule has 9 heteroatoms. The van der Waals surface area contributed by atoms with Crippen molar-refractivity contribution in [3.63, 3.8) is 0 Å². The number of carbonyl (C=O) groups is 2. The van der Waals surface area contributed by atoms with E-state index in [2.05, 4.69) is 10.4 Å². The van der Waals surface area contributed by atoms with Crippen molar-refractivity contribution in [1.82, 2.24) is 20.0 Å². The van der Waals surface area contributed by atoms with E-state index in [1.807, 2.05) is 0 Å². The van der Waals surface area contributed by atoms with E-state index < -0.39 is 17.2 Å². The van der Waals surface area contributed by atoms with Gasteiger partial charge >= 0.3 is 5.69 Å². The Morgan fingerprint density at radius 1 is 1.16 bits per heavy atom. The van der Waals surface area contributed by atoms with Crippen LogP contribution in [-0.4, -0.2) is 38.0 Å². The van der Waals surface area contributed by atoms with E-state index in [1.165, 1.54) is 46.5 Å². The molecule has 2 aromatic rings. The Bertz CT molecular complexity index is 1040. The minimum atomic E-state index is -0.581. The standard InChI is InChI=1S/C22H28N4O5/c1-15-13-25(22(31)23-20(15)29)12-11-19(28)24-26(14-16-5-3-2-4-6-16)21(30)17-7-9-18(27)10-8-17/h7-10,13,16,27H,2-6,11-12,14H2,1H3,(H,24,28)(H,23,29,31). The van der Waals surface area contributed by atoms with Gasteiger partial charge in [-0.1, -0.05) is 19.3 Å². The number of rotatable bonds is 6. The number of amides is 2. The fourth-order valence-corrected chi connectivity index (χ4v) is 3.78. The third-order valence-electron chi connectivity index (χ3n) is 5.55. The highest BCUT2D eigenvalue weighted by Crippen LogP contribution is 2.24. The number of phenolic OH excluding ortho intramolecular Hbond substituents is 1. The summed E-state index contributed by atoms with van der Waals surface area (Å²) < 4.78 is 1.27. The molecular formula is C22H28N4O5. The molecule has 0 saturated heterocycles. The molecule has 166 valence electrons. The maximum Gasteiger partial charge on any atom is 0.328 e. The molecule has 9 nitrogen and oxygen atoms in total. The van der Waals surface area contributed by atoms with Crippen LogP contribution in [0, 0.1) is 12.8 Å². The van der Waals surface area contributed by atoms with Crippen LogP contribution in [0.3, 0.4) is 0 Å². The molecule has 1 saturated carbocycles. The van der Waals surface area contributed by atoms with Gasteiger partial charge in [0.2, 0.25) is 5.91 Å². The number of hydrogen-bond donors (Lipinski definition) is 3. The number of carbonyl (C=O) groups excluding carboxylic acids is 2. The number of H-pyrrole nitrogens is 1. The number of aromatic nitrogens is 2. The number of aromatic amines is 1. The molecule has 2 amide bonds. The predicted molar refractivity (Wildman–Crippen MR) is 115 cm³/mol. The van der Waals surface area contributed by atoms with Gasteiger partial charge in [-0.15, -0.1) is 0 Å². The Hall–Kier alpha value is -3.36. The summed E-state index contributed by atoms with van der Waals surface area (Å²) in [5.74, 6) is -0.393. The average molecular weight is 428 g/mol. The smallest absolute Gasteiger partial charge is 0.328 e. The summed E-state index contributed by atoms with van der Waals surface area (Å²) in [7, 11) is 0. The van der Waals surface area contributed by atoms with Crippen LogP contribution in [0.2, 0.25) is 0 Å². The Labute approximate surface area is 179 Å². The molecule has 0 spiro atoms. The molecule has 31 heavy (non-hydrogen) atoms. The molecule has 1 aliphatic carbocycles. The lowest BCUT2D eigenvalue weighted by molar-refractivity contribution is -0.125. The van der Waals surface area contributed by atoms with Gasteiger partial charge in [-0.05, 0) is 49.9 Å². The number of benzene rings is 1. The summed E-state index contributed by atoms with van der Waals surface area (Å²) in [5.41, 5.74) is 2.39. The summed E-state index contributed by atoms with van der Waals surface area (Å²) in [4.78, 5) is 51.2. The fourth-order valence-electron chi connectivity index (χ4n) is 3.78. The number of phenols is 1. The van der Waals surface area contributed by atoms with Crippen LogP contribution in [0.25, 0.3) is 0 Å². The minimum Gasteiger partial charge on any atom is -0.508 e. The van der Waals surface area contributed by atoms with Crippen molar-refractivity contribution in [2.45, 2.75) is 52.0 Å². The van der Waals surface area contributed by atoms with E-state index in [1.54, 1.807) is 6.92 Å². The van der Waals surface area contributed by atoms with E-state index in [-0.39, 0.29) is 24.6 Å². The number of hydrazine groups is 1. The molecule has 0 unspecified atom stereocenters. The fraction of sp³-hybridized carbons (Fsp3) is 0.455. The molecular weight excluding hydrogens is 400 g/mol. The van der Waals surface area contributed by atoms with E-state index in [4.69, 9.17) is 0 Å². The molecule has 1 fully saturated rings. The number of nitrogens with one attached hydrogen (secondary N) is 2. The molecule has 1 aromatic carbocycles. The highest BCUT2D eigenvalue weighted by atomic mass is 16.3. The van der Waals surface area contributed by atoms with Gasteiger partial charge in [-0.3, -0.25) is 29.4 Å². The monoisotopic (exact) mass is 428 g/mol. The van der Waals surface area contributed by atoms with Crippen molar-refractivity contribution in [2.24, 2.45) is 5.92 Å². The first-order valence-electron chi connectivity index (χ1n) is 10.5. The Morgan fingerprint density at radius 3 is 2.52 bits per heavy atom. The summed E-state index contributed by atoms with van der Waals surface area (Å²) >= 11 is 0. The number of aryl methyl sites for hydroxylation is 2. The third kappa shape index (κ3) is 6.07. The molecule has 0 atom stereocenters. The van der Waals surface area contributed by atoms with E-state index in [0.717, 1.165) is 25.7 Å². The van der Waals surface area contributed by atoms with Crippen LogP contribution in [0.4, 0.5) is 0 Å². The zero-order chi connectivity index (χ0) is 22.4. The lowest BCUT2D eigenvalue weighted by Gasteiger charge is -2.30. The van der Waals surface area contributed by atoms with Crippen molar-refractivity contribution in [2.75, 3.05) is 6.54 Å². The highest BCUT2D eigenvalue weighted by Gasteiger charge is 2.23. The summed E-state index contributed by atoms with van der Waals surface area (Å²) in [6, 6.07) is 5.89. The first kappa shape index (κ1) is 22.3. The second-order valence-corrected chi connectivity index (χ2v) is 8.02. The molecule has 0 aliphatic heterocycles. The zero-order valence-electron chi connectivity index (χ0n) is 17.6. The largest absolute Gasteiger partial charge is 0.508 e. The Kier molecular flexibility index (Phi) is 7.28. The van der Waals surface area contributed by atoms with Crippen molar-refractivity contribution < 1.29 is 14.7 Å². The Balaban J connectivity index is 1.69. The quantitative estimate of drug-likeness (QED) is 0.604. The third-order valence-corrected chi connectivity index (χ3v) is 5.55. The SMILES string of the molecule is Cc1cn(CCC(=O)NN(CC2CCCCC2)C(=O)c2ccc(O)cc2)c(=O)[nH]c1=O. The predicted octanol–water partition coefficient (Wildman–Crippen LogP) is 1.69. The number of nitrogens with zero attached hydrogens (tertiary/aromatic N) is 2. The molecule has 1 aliphatic rings. The lowest BCUT2D eigenvalue weighted by Crippen LogP contribution is -2.49. The van der Waals surface area contributed by atoms with Gasteiger partial charge < -0.3 is 5.11 Å². The highest BCUT2D eigenvalue weighted by molar-refractivity contribution is 5.95. The van der Waals surface area contributed by atoms with Crippen LogP contribution in [0.15, 0.2) is 40.1 Å². The molecule has 1 heterocycles. The minimum absolute atomic E-state index is 0.0323. The van der Waals surface area contributed by atoms with Gasteiger partial charge in [0.05, 0.1) is 0 Å². The maximum atomic E-state index is 13.0. The first-order valence-corrected chi connectivity index (χ1v) is 10.5. The van der Waals surface area contributed by atoms with Crippen LogP contribution < -0.4 is 16.7 Å². The van der Waals surface area contributed by atoms with Crippen molar-refractivity contribution in [1.29, 1.82) is 0 Å². The normalized spacial score (nSPS) is 14.2. The van der Waals surface area contributed by atoms with E-state index in [0.29, 0.717) is 23.6 Å². The summed E-state index contributed by atoms with van der Waals surface area (Å²) in [6.07, 6.45) is 6.78. The average Bonchev–Trinajstić information content (AvgIpc) is 2.75. The first-order chi connectivity index (χ1) is 14.8. The molecule has 3 N–H and O–H groups in total. The van der Waals surface area contributed by atoms with E-state index >= 15 is 0 Å². The van der Waals surface area contributed by atoms with Gasteiger partial charge in [0, 0.05) is 36.8 Å². The van der Waals surface area contributed by atoms with Crippen LogP contribution >= 0.6 is 0 Å². The topological polar surface area (TPSA) is 124 Å². The molecule has 1 aromatic heterocycles. The molecule has 3 rings (SSSR count). The van der Waals surface area contributed by atoms with Gasteiger partial charge in [-0.25, -0.2) is 9.80 Å². The maximum absolute atomic E-state index is 13.0. The van der Waals surface area contributed by atoms with Gasteiger partial charge in [0.15, 0.2) is 0 Å². The van der Waals surface area contributed by atoms with Crippen molar-refractivity contribution in [3.05, 3.63) is 62.4 Å². The zero-order valence-corrected chi connectivity index (χ0v) is 17.6.